The van der Waals surface area contributed by atoms with Gasteiger partial charge in [0.05, 0.1) is 7.11 Å². The quantitative estimate of drug-likeness (QED) is 0.527. The predicted molar refractivity (Wildman–Crippen MR) is 60.4 cm³/mol. The van der Waals surface area contributed by atoms with Gasteiger partial charge in [0.2, 0.25) is 0 Å². The molecule has 1 rings (SSSR count). The Balaban J connectivity index is 2.24. The van der Waals surface area contributed by atoms with Crippen molar-refractivity contribution in [2.24, 2.45) is 5.92 Å². The summed E-state index contributed by atoms with van der Waals surface area (Å²) in [5.74, 6) is 0.511. The Morgan fingerprint density at radius 3 is 2.67 bits per heavy atom. The van der Waals surface area contributed by atoms with E-state index in [9.17, 15) is 4.79 Å². The van der Waals surface area contributed by atoms with Crippen molar-refractivity contribution in [2.75, 3.05) is 20.7 Å². The molecule has 0 spiro atoms. The minimum absolute atomic E-state index is 0.287. The third kappa shape index (κ3) is 4.86. The van der Waals surface area contributed by atoms with Gasteiger partial charge in [-0.05, 0) is 18.8 Å². The summed E-state index contributed by atoms with van der Waals surface area (Å²) in [4.78, 5) is 12.9. The molecule has 3 nitrogen and oxygen atoms in total. The van der Waals surface area contributed by atoms with Crippen LogP contribution in [0.2, 0.25) is 0 Å². The SMILES string of the molecule is COC(=O)C=CN(C)CC1CCCCC1. The lowest BCUT2D eigenvalue weighted by molar-refractivity contribution is -0.134. The molecule has 0 amide bonds. The van der Waals surface area contributed by atoms with Crippen LogP contribution >= 0.6 is 0 Å². The van der Waals surface area contributed by atoms with Crippen LogP contribution in [0, 0.1) is 5.92 Å². The zero-order valence-electron chi connectivity index (χ0n) is 9.74. The number of methoxy groups -OCH3 is 1. The Morgan fingerprint density at radius 2 is 2.07 bits per heavy atom. The molecule has 0 atom stereocenters. The summed E-state index contributed by atoms with van der Waals surface area (Å²) in [6.07, 6.45) is 10.0. The molecule has 0 aromatic carbocycles. The van der Waals surface area contributed by atoms with Crippen LogP contribution in [0.25, 0.3) is 0 Å². The maximum Gasteiger partial charge on any atom is 0.331 e. The molecule has 0 heterocycles. The Kier molecular flexibility index (Phi) is 5.22. The molecular weight excluding hydrogens is 190 g/mol. The molecule has 0 radical (unpaired) electrons. The van der Waals surface area contributed by atoms with Gasteiger partial charge in [-0.2, -0.15) is 0 Å². The smallest absolute Gasteiger partial charge is 0.331 e. The van der Waals surface area contributed by atoms with E-state index in [0.29, 0.717) is 0 Å². The summed E-state index contributed by atoms with van der Waals surface area (Å²) in [5, 5.41) is 0. The molecule has 0 unspecified atom stereocenters. The highest BCUT2D eigenvalue weighted by Gasteiger charge is 2.13. The highest BCUT2D eigenvalue weighted by Crippen LogP contribution is 2.23. The average Bonchev–Trinajstić information content (AvgIpc) is 2.27. The van der Waals surface area contributed by atoms with Crippen molar-refractivity contribution in [3.05, 3.63) is 12.3 Å². The van der Waals surface area contributed by atoms with Crippen molar-refractivity contribution in [3.63, 3.8) is 0 Å². The minimum atomic E-state index is -0.287. The summed E-state index contributed by atoms with van der Waals surface area (Å²) < 4.78 is 4.54. The topological polar surface area (TPSA) is 29.5 Å². The first-order valence-electron chi connectivity index (χ1n) is 5.68. The Hall–Kier alpha value is -0.990. The normalized spacial score (nSPS) is 18.0. The summed E-state index contributed by atoms with van der Waals surface area (Å²) in [6.45, 7) is 1.05. The van der Waals surface area contributed by atoms with Crippen LogP contribution in [-0.2, 0) is 9.53 Å². The monoisotopic (exact) mass is 211 g/mol. The van der Waals surface area contributed by atoms with Crippen molar-refractivity contribution in [3.8, 4) is 0 Å². The van der Waals surface area contributed by atoms with Crippen LogP contribution in [0.5, 0.6) is 0 Å². The number of hydrogen-bond donors (Lipinski definition) is 0. The van der Waals surface area contributed by atoms with E-state index in [1.165, 1.54) is 45.3 Å². The third-order valence-corrected chi connectivity index (χ3v) is 2.94. The van der Waals surface area contributed by atoms with Gasteiger partial charge in [-0.3, -0.25) is 0 Å². The largest absolute Gasteiger partial charge is 0.466 e. The van der Waals surface area contributed by atoms with E-state index >= 15 is 0 Å². The van der Waals surface area contributed by atoms with E-state index in [1.54, 1.807) is 6.20 Å². The van der Waals surface area contributed by atoms with Gasteiger partial charge in [-0.25, -0.2) is 4.79 Å². The van der Waals surface area contributed by atoms with Crippen LogP contribution in [0.3, 0.4) is 0 Å². The second-order valence-corrected chi connectivity index (χ2v) is 4.28. The summed E-state index contributed by atoms with van der Waals surface area (Å²) >= 11 is 0. The fraction of sp³-hybridized carbons (Fsp3) is 0.750. The van der Waals surface area contributed by atoms with Gasteiger partial charge in [0.15, 0.2) is 0 Å². The zero-order valence-corrected chi connectivity index (χ0v) is 9.74. The van der Waals surface area contributed by atoms with Crippen molar-refractivity contribution < 1.29 is 9.53 Å². The first kappa shape index (κ1) is 12.1. The summed E-state index contributed by atoms with van der Waals surface area (Å²) in [5.41, 5.74) is 0. The number of nitrogens with zero attached hydrogens (tertiary/aromatic N) is 1. The van der Waals surface area contributed by atoms with Crippen LogP contribution in [0.4, 0.5) is 0 Å². The maximum atomic E-state index is 10.9. The van der Waals surface area contributed by atoms with E-state index in [-0.39, 0.29) is 5.97 Å². The highest BCUT2D eigenvalue weighted by atomic mass is 16.5. The van der Waals surface area contributed by atoms with Crippen LogP contribution in [0.1, 0.15) is 32.1 Å². The Bertz CT molecular complexity index is 220. The molecule has 3 heteroatoms. The number of carbonyl (C=O) groups is 1. The maximum absolute atomic E-state index is 10.9. The first-order chi connectivity index (χ1) is 7.22. The molecule has 15 heavy (non-hydrogen) atoms. The van der Waals surface area contributed by atoms with Gasteiger partial charge in [0.25, 0.3) is 0 Å². The van der Waals surface area contributed by atoms with E-state index in [0.717, 1.165) is 12.5 Å². The lowest BCUT2D eigenvalue weighted by atomic mass is 9.89. The number of carbonyl (C=O) groups excluding carboxylic acids is 1. The molecule has 1 aliphatic rings. The molecular formula is C12H21NO2. The van der Waals surface area contributed by atoms with Gasteiger partial charge >= 0.3 is 5.97 Å². The van der Waals surface area contributed by atoms with Crippen LogP contribution < -0.4 is 0 Å². The predicted octanol–water partition coefficient (Wildman–Crippen LogP) is 2.19. The lowest BCUT2D eigenvalue weighted by Gasteiger charge is -2.25. The number of ether oxygens (including phenoxy) is 1. The van der Waals surface area contributed by atoms with Crippen molar-refractivity contribution in [2.45, 2.75) is 32.1 Å². The Morgan fingerprint density at radius 1 is 1.40 bits per heavy atom. The molecule has 86 valence electrons. The second kappa shape index (κ2) is 6.49. The van der Waals surface area contributed by atoms with E-state index < -0.39 is 0 Å². The van der Waals surface area contributed by atoms with E-state index in [1.807, 2.05) is 7.05 Å². The van der Waals surface area contributed by atoms with Gasteiger partial charge in [0.1, 0.15) is 0 Å². The average molecular weight is 211 g/mol. The first-order valence-corrected chi connectivity index (χ1v) is 5.68. The molecule has 0 aromatic rings. The molecule has 1 aliphatic carbocycles. The third-order valence-electron chi connectivity index (χ3n) is 2.94. The van der Waals surface area contributed by atoms with E-state index in [2.05, 4.69) is 9.64 Å². The van der Waals surface area contributed by atoms with E-state index in [4.69, 9.17) is 0 Å². The zero-order chi connectivity index (χ0) is 11.1. The highest BCUT2D eigenvalue weighted by molar-refractivity contribution is 5.81. The van der Waals surface area contributed by atoms with Crippen molar-refractivity contribution >= 4 is 5.97 Å². The lowest BCUT2D eigenvalue weighted by Crippen LogP contribution is -2.23. The fourth-order valence-electron chi connectivity index (χ4n) is 2.09. The molecule has 0 aliphatic heterocycles. The molecule has 1 saturated carbocycles. The van der Waals surface area contributed by atoms with Gasteiger partial charge in [-0.15, -0.1) is 0 Å². The minimum Gasteiger partial charge on any atom is -0.466 e. The van der Waals surface area contributed by atoms with Gasteiger partial charge in [0, 0.05) is 25.9 Å². The molecule has 0 N–H and O–H groups in total. The second-order valence-electron chi connectivity index (χ2n) is 4.28. The fourth-order valence-corrected chi connectivity index (χ4v) is 2.09. The number of hydrogen-bond acceptors (Lipinski definition) is 3. The molecule has 0 aromatic heterocycles. The Labute approximate surface area is 92.1 Å². The molecule has 0 saturated heterocycles. The molecule has 0 bridgehead atoms. The van der Waals surface area contributed by atoms with Crippen LogP contribution in [0.15, 0.2) is 12.3 Å². The molecule has 1 fully saturated rings. The number of rotatable bonds is 4. The van der Waals surface area contributed by atoms with Crippen molar-refractivity contribution in [1.82, 2.24) is 4.90 Å². The summed E-state index contributed by atoms with van der Waals surface area (Å²) in [7, 11) is 3.40. The van der Waals surface area contributed by atoms with Crippen LogP contribution in [-0.4, -0.2) is 31.6 Å². The van der Waals surface area contributed by atoms with Gasteiger partial charge < -0.3 is 9.64 Å². The standard InChI is InChI=1S/C12H21NO2/c1-13(9-8-12(14)15-2)10-11-6-4-3-5-7-11/h8-9,11H,3-7,10H2,1-2H3. The van der Waals surface area contributed by atoms with Gasteiger partial charge in [-0.1, -0.05) is 19.3 Å². The summed E-state index contributed by atoms with van der Waals surface area (Å²) in [6, 6.07) is 0. The number of esters is 1. The van der Waals surface area contributed by atoms with Crippen molar-refractivity contribution in [1.29, 1.82) is 0 Å².